The Bertz CT molecular complexity index is 1010. The molecule has 0 saturated carbocycles. The van der Waals surface area contributed by atoms with E-state index in [0.717, 1.165) is 28.3 Å². The molecule has 0 atom stereocenters. The maximum absolute atomic E-state index is 12.7. The fourth-order valence-corrected chi connectivity index (χ4v) is 3.10. The van der Waals surface area contributed by atoms with E-state index in [1.807, 2.05) is 47.1 Å². The molecule has 5 heteroatoms. The van der Waals surface area contributed by atoms with Gasteiger partial charge in [0.15, 0.2) is 0 Å². The smallest absolute Gasteiger partial charge is 0.229 e. The predicted octanol–water partition coefficient (Wildman–Crippen LogP) is 4.98. The topological polar surface area (TPSA) is 56.1 Å². The summed E-state index contributed by atoms with van der Waals surface area (Å²) < 4.78 is 7.02. The molecule has 0 unspecified atom stereocenters. The molecule has 0 saturated heterocycles. The van der Waals surface area contributed by atoms with E-state index in [0.29, 0.717) is 5.82 Å². The van der Waals surface area contributed by atoms with Crippen LogP contribution in [-0.4, -0.2) is 22.8 Å². The van der Waals surface area contributed by atoms with Gasteiger partial charge in [0.25, 0.3) is 0 Å². The number of aromatic nitrogens is 2. The van der Waals surface area contributed by atoms with Crippen LogP contribution in [0.3, 0.4) is 0 Å². The van der Waals surface area contributed by atoms with Gasteiger partial charge in [0.1, 0.15) is 11.6 Å². The van der Waals surface area contributed by atoms with E-state index in [9.17, 15) is 4.79 Å². The molecule has 0 aliphatic carbocycles. The number of amides is 1. The van der Waals surface area contributed by atoms with Gasteiger partial charge in [0, 0.05) is 11.5 Å². The van der Waals surface area contributed by atoms with E-state index in [1.54, 1.807) is 7.11 Å². The minimum absolute atomic E-state index is 0.0814. The molecule has 0 aliphatic rings. The molecule has 29 heavy (non-hydrogen) atoms. The Hall–Kier alpha value is -3.08. The van der Waals surface area contributed by atoms with Gasteiger partial charge in [-0.2, -0.15) is 5.10 Å². The van der Waals surface area contributed by atoms with Gasteiger partial charge >= 0.3 is 0 Å². The molecule has 0 spiro atoms. The van der Waals surface area contributed by atoms with Crippen molar-refractivity contribution in [3.05, 3.63) is 70.9 Å². The number of nitrogens with one attached hydrogen (secondary N) is 1. The highest BCUT2D eigenvalue weighted by atomic mass is 16.5. The van der Waals surface area contributed by atoms with Gasteiger partial charge in [-0.25, -0.2) is 4.68 Å². The number of hydrogen-bond acceptors (Lipinski definition) is 3. The lowest BCUT2D eigenvalue weighted by Gasteiger charge is -2.15. The van der Waals surface area contributed by atoms with E-state index in [-0.39, 0.29) is 17.7 Å². The highest BCUT2D eigenvalue weighted by molar-refractivity contribution is 5.92. The average molecular weight is 392 g/mol. The summed E-state index contributed by atoms with van der Waals surface area (Å²) in [6, 6.07) is 15.6. The summed E-state index contributed by atoms with van der Waals surface area (Å²) in [5.41, 5.74) is 5.03. The molecular weight excluding hydrogens is 362 g/mol. The molecule has 3 aromatic rings. The molecule has 0 radical (unpaired) electrons. The number of aryl methyl sites for hydroxylation is 1. The van der Waals surface area contributed by atoms with Gasteiger partial charge in [-0.15, -0.1) is 0 Å². The molecule has 1 amide bonds. The van der Waals surface area contributed by atoms with Crippen LogP contribution >= 0.6 is 0 Å². The number of benzene rings is 2. The maximum atomic E-state index is 12.7. The molecule has 1 N–H and O–H groups in total. The Morgan fingerprint density at radius 1 is 1.10 bits per heavy atom. The first kappa shape index (κ1) is 20.6. The number of carbonyl (C=O) groups excluding carboxylic acids is 1. The number of ether oxygens (including phenoxy) is 1. The number of nitrogens with zero attached hydrogens (tertiary/aromatic N) is 2. The van der Waals surface area contributed by atoms with E-state index in [1.165, 1.54) is 5.56 Å². The minimum atomic E-state index is -0.127. The Balaban J connectivity index is 1.91. The monoisotopic (exact) mass is 391 g/mol. The first-order valence-electron chi connectivity index (χ1n) is 9.79. The van der Waals surface area contributed by atoms with Crippen LogP contribution < -0.4 is 10.1 Å². The number of hydrogen-bond donors (Lipinski definition) is 1. The van der Waals surface area contributed by atoms with Crippen LogP contribution in [0.1, 0.15) is 43.2 Å². The van der Waals surface area contributed by atoms with Gasteiger partial charge in [0.05, 0.1) is 24.9 Å². The molecule has 152 valence electrons. The zero-order chi connectivity index (χ0) is 21.2. The van der Waals surface area contributed by atoms with E-state index >= 15 is 0 Å². The second kappa shape index (κ2) is 8.11. The van der Waals surface area contributed by atoms with Gasteiger partial charge in [-0.05, 0) is 48.7 Å². The summed E-state index contributed by atoms with van der Waals surface area (Å²) in [5, 5.41) is 7.88. The molecular formula is C24H29N3O2. The molecule has 3 rings (SSSR count). The third-order valence-corrected chi connectivity index (χ3v) is 5.07. The number of rotatable bonds is 5. The Labute approximate surface area is 172 Å². The fraction of sp³-hybridized carbons (Fsp3) is 0.333. The highest BCUT2D eigenvalue weighted by Crippen LogP contribution is 2.28. The van der Waals surface area contributed by atoms with Gasteiger partial charge in [0.2, 0.25) is 5.91 Å². The summed E-state index contributed by atoms with van der Waals surface area (Å²) in [6.07, 6.45) is 0.285. The van der Waals surface area contributed by atoms with Gasteiger partial charge in [-0.1, -0.05) is 45.0 Å². The largest absolute Gasteiger partial charge is 0.497 e. The Kier molecular flexibility index (Phi) is 5.78. The minimum Gasteiger partial charge on any atom is -0.497 e. The quantitative estimate of drug-likeness (QED) is 0.668. The van der Waals surface area contributed by atoms with Gasteiger partial charge in [-0.3, -0.25) is 4.79 Å². The molecule has 0 fully saturated rings. The summed E-state index contributed by atoms with van der Waals surface area (Å²) in [5.74, 6) is 1.38. The maximum Gasteiger partial charge on any atom is 0.229 e. The van der Waals surface area contributed by atoms with Crippen LogP contribution in [0.2, 0.25) is 0 Å². The molecule has 0 aliphatic heterocycles. The Morgan fingerprint density at radius 3 is 2.41 bits per heavy atom. The van der Waals surface area contributed by atoms with E-state index in [4.69, 9.17) is 9.84 Å². The zero-order valence-corrected chi connectivity index (χ0v) is 18.0. The molecule has 0 bridgehead atoms. The van der Waals surface area contributed by atoms with Crippen LogP contribution in [0.4, 0.5) is 5.82 Å². The lowest BCUT2D eigenvalue weighted by molar-refractivity contribution is -0.115. The first-order valence-corrected chi connectivity index (χ1v) is 9.79. The van der Waals surface area contributed by atoms with Crippen molar-refractivity contribution in [1.82, 2.24) is 9.78 Å². The summed E-state index contributed by atoms with van der Waals surface area (Å²) in [6.45, 7) is 10.5. The molecule has 5 nitrogen and oxygen atoms in total. The second-order valence-electron chi connectivity index (χ2n) is 8.37. The molecule has 1 aromatic heterocycles. The zero-order valence-electron chi connectivity index (χ0n) is 18.0. The van der Waals surface area contributed by atoms with Crippen molar-refractivity contribution >= 4 is 11.7 Å². The Morgan fingerprint density at radius 2 is 1.79 bits per heavy atom. The summed E-state index contributed by atoms with van der Waals surface area (Å²) in [7, 11) is 1.63. The predicted molar refractivity (Wildman–Crippen MR) is 117 cm³/mol. The van der Waals surface area contributed by atoms with Crippen molar-refractivity contribution in [3.8, 4) is 11.4 Å². The second-order valence-corrected chi connectivity index (χ2v) is 8.37. The number of carbonyl (C=O) groups is 1. The van der Waals surface area contributed by atoms with Crippen LogP contribution in [-0.2, 0) is 16.6 Å². The van der Waals surface area contributed by atoms with Crippen LogP contribution in [0, 0.1) is 13.8 Å². The molecule has 1 heterocycles. The third-order valence-electron chi connectivity index (χ3n) is 5.07. The van der Waals surface area contributed by atoms with E-state index < -0.39 is 0 Å². The van der Waals surface area contributed by atoms with Crippen LogP contribution in [0.5, 0.6) is 5.75 Å². The summed E-state index contributed by atoms with van der Waals surface area (Å²) >= 11 is 0. The standard InChI is InChI=1S/C24H29N3O2/c1-16-8-7-9-20(17(16)2)27-22(15-21(26-27)24(3,4)5)25-23(28)14-18-10-12-19(29-6)13-11-18/h7-13,15H,14H2,1-6H3,(H,25,28). The normalized spacial score (nSPS) is 11.4. The average Bonchev–Trinajstić information content (AvgIpc) is 3.08. The van der Waals surface area contributed by atoms with Crippen molar-refractivity contribution in [2.75, 3.05) is 12.4 Å². The van der Waals surface area contributed by atoms with Crippen LogP contribution in [0.25, 0.3) is 5.69 Å². The molecule has 2 aromatic carbocycles. The summed E-state index contributed by atoms with van der Waals surface area (Å²) in [4.78, 5) is 12.7. The number of methoxy groups -OCH3 is 1. The van der Waals surface area contributed by atoms with Crippen LogP contribution in [0.15, 0.2) is 48.5 Å². The third kappa shape index (κ3) is 4.67. The SMILES string of the molecule is COc1ccc(CC(=O)Nc2cc(C(C)(C)C)nn2-c2cccc(C)c2C)cc1. The van der Waals surface area contributed by atoms with Gasteiger partial charge < -0.3 is 10.1 Å². The lowest BCUT2D eigenvalue weighted by atomic mass is 9.92. The van der Waals surface area contributed by atoms with E-state index in [2.05, 4.69) is 46.0 Å². The van der Waals surface area contributed by atoms with Crippen molar-refractivity contribution in [2.45, 2.75) is 46.5 Å². The van der Waals surface area contributed by atoms with Crippen molar-refractivity contribution in [3.63, 3.8) is 0 Å². The first-order chi connectivity index (χ1) is 13.7. The highest BCUT2D eigenvalue weighted by Gasteiger charge is 2.22. The fourth-order valence-electron chi connectivity index (χ4n) is 3.10. The van der Waals surface area contributed by atoms with Crippen molar-refractivity contribution in [1.29, 1.82) is 0 Å². The number of anilines is 1. The van der Waals surface area contributed by atoms with Crippen molar-refractivity contribution < 1.29 is 9.53 Å². The lowest BCUT2D eigenvalue weighted by Crippen LogP contribution is -2.17. The van der Waals surface area contributed by atoms with Crippen molar-refractivity contribution in [2.24, 2.45) is 0 Å².